The van der Waals surface area contributed by atoms with Crippen molar-refractivity contribution < 1.29 is 4.79 Å². The second-order valence-corrected chi connectivity index (χ2v) is 5.68. The molecule has 1 aromatic heterocycles. The monoisotopic (exact) mass is 268 g/mol. The number of carbonyl (C=O) groups excluding carboxylic acids is 1. The van der Waals surface area contributed by atoms with Crippen molar-refractivity contribution >= 4 is 22.4 Å². The number of aromatic nitrogens is 2. The predicted molar refractivity (Wildman–Crippen MR) is 73.0 cm³/mol. The SMILES string of the molecule is CCCNc1nnc(C(=O)NC2CC2CCC)s1. The van der Waals surface area contributed by atoms with Crippen molar-refractivity contribution in [3.63, 3.8) is 0 Å². The molecule has 2 N–H and O–H groups in total. The number of nitrogens with zero attached hydrogens (tertiary/aromatic N) is 2. The van der Waals surface area contributed by atoms with Gasteiger partial charge in [0.1, 0.15) is 0 Å². The topological polar surface area (TPSA) is 66.9 Å². The van der Waals surface area contributed by atoms with E-state index < -0.39 is 0 Å². The van der Waals surface area contributed by atoms with Gasteiger partial charge >= 0.3 is 0 Å². The summed E-state index contributed by atoms with van der Waals surface area (Å²) < 4.78 is 0. The molecule has 1 amide bonds. The Morgan fingerprint density at radius 1 is 1.39 bits per heavy atom. The number of carbonyl (C=O) groups is 1. The van der Waals surface area contributed by atoms with Crippen LogP contribution in [0.5, 0.6) is 0 Å². The molecule has 0 aliphatic heterocycles. The van der Waals surface area contributed by atoms with E-state index in [1.807, 2.05) is 0 Å². The fourth-order valence-corrected chi connectivity index (χ4v) is 2.63. The van der Waals surface area contributed by atoms with Gasteiger partial charge in [-0.25, -0.2) is 0 Å². The van der Waals surface area contributed by atoms with E-state index in [-0.39, 0.29) is 5.91 Å². The second-order valence-electron chi connectivity index (χ2n) is 4.70. The second kappa shape index (κ2) is 6.13. The zero-order chi connectivity index (χ0) is 13.0. The fraction of sp³-hybridized carbons (Fsp3) is 0.750. The highest BCUT2D eigenvalue weighted by atomic mass is 32.1. The van der Waals surface area contributed by atoms with Crippen molar-refractivity contribution in [2.75, 3.05) is 11.9 Å². The van der Waals surface area contributed by atoms with Gasteiger partial charge in [0.05, 0.1) is 0 Å². The summed E-state index contributed by atoms with van der Waals surface area (Å²) in [7, 11) is 0. The number of anilines is 1. The van der Waals surface area contributed by atoms with Crippen LogP contribution in [0.25, 0.3) is 0 Å². The summed E-state index contributed by atoms with van der Waals surface area (Å²) >= 11 is 1.32. The van der Waals surface area contributed by atoms with E-state index in [4.69, 9.17) is 0 Å². The molecule has 18 heavy (non-hydrogen) atoms. The van der Waals surface area contributed by atoms with Gasteiger partial charge in [-0.2, -0.15) is 0 Å². The van der Waals surface area contributed by atoms with Crippen LogP contribution in [0.2, 0.25) is 0 Å². The lowest BCUT2D eigenvalue weighted by Gasteiger charge is -2.00. The van der Waals surface area contributed by atoms with Crippen molar-refractivity contribution in [3.05, 3.63) is 5.01 Å². The molecule has 0 bridgehead atoms. The third-order valence-electron chi connectivity index (χ3n) is 3.04. The quantitative estimate of drug-likeness (QED) is 0.796. The molecule has 100 valence electrons. The van der Waals surface area contributed by atoms with Crippen LogP contribution in [-0.2, 0) is 0 Å². The molecule has 6 heteroatoms. The molecule has 0 saturated heterocycles. The Kier molecular flexibility index (Phi) is 4.52. The summed E-state index contributed by atoms with van der Waals surface area (Å²) in [4.78, 5) is 11.9. The molecular weight excluding hydrogens is 248 g/mol. The third kappa shape index (κ3) is 3.41. The zero-order valence-corrected chi connectivity index (χ0v) is 11.7. The lowest BCUT2D eigenvalue weighted by molar-refractivity contribution is 0.0947. The van der Waals surface area contributed by atoms with Crippen LogP contribution >= 0.6 is 11.3 Å². The summed E-state index contributed by atoms with van der Waals surface area (Å²) in [6, 6.07) is 0.355. The van der Waals surface area contributed by atoms with Gasteiger partial charge < -0.3 is 10.6 Å². The summed E-state index contributed by atoms with van der Waals surface area (Å²) in [6.45, 7) is 5.12. The van der Waals surface area contributed by atoms with Crippen LogP contribution in [0.1, 0.15) is 49.3 Å². The first-order chi connectivity index (χ1) is 8.74. The minimum atomic E-state index is -0.0827. The van der Waals surface area contributed by atoms with E-state index in [0.717, 1.165) is 24.5 Å². The van der Waals surface area contributed by atoms with Gasteiger partial charge in [0.15, 0.2) is 0 Å². The van der Waals surface area contributed by atoms with Crippen LogP contribution in [0.3, 0.4) is 0 Å². The maximum atomic E-state index is 11.9. The van der Waals surface area contributed by atoms with Gasteiger partial charge in [-0.05, 0) is 25.2 Å². The molecule has 2 unspecified atom stereocenters. The number of amides is 1. The Bertz CT molecular complexity index is 407. The van der Waals surface area contributed by atoms with Gasteiger partial charge in [0, 0.05) is 12.6 Å². The lowest BCUT2D eigenvalue weighted by Crippen LogP contribution is -2.26. The smallest absolute Gasteiger partial charge is 0.282 e. The largest absolute Gasteiger partial charge is 0.360 e. The van der Waals surface area contributed by atoms with Crippen molar-refractivity contribution in [3.8, 4) is 0 Å². The van der Waals surface area contributed by atoms with E-state index in [9.17, 15) is 4.79 Å². The Morgan fingerprint density at radius 2 is 2.22 bits per heavy atom. The van der Waals surface area contributed by atoms with E-state index in [1.54, 1.807) is 0 Å². The number of rotatable bonds is 7. The molecule has 1 aromatic rings. The van der Waals surface area contributed by atoms with Crippen LogP contribution < -0.4 is 10.6 Å². The maximum absolute atomic E-state index is 11.9. The van der Waals surface area contributed by atoms with E-state index >= 15 is 0 Å². The average molecular weight is 268 g/mol. The molecule has 0 radical (unpaired) electrons. The summed E-state index contributed by atoms with van der Waals surface area (Å²) in [5, 5.41) is 15.2. The fourth-order valence-electron chi connectivity index (χ4n) is 1.96. The molecule has 1 aliphatic carbocycles. The highest BCUT2D eigenvalue weighted by Gasteiger charge is 2.37. The first-order valence-electron chi connectivity index (χ1n) is 6.62. The van der Waals surface area contributed by atoms with Crippen molar-refractivity contribution in [2.45, 2.75) is 45.6 Å². The Hall–Kier alpha value is -1.17. The van der Waals surface area contributed by atoms with Crippen molar-refractivity contribution in [1.82, 2.24) is 15.5 Å². The first kappa shape index (κ1) is 13.3. The van der Waals surface area contributed by atoms with Crippen LogP contribution in [0, 0.1) is 5.92 Å². The Balaban J connectivity index is 1.80. The molecule has 2 atom stereocenters. The number of hydrogen-bond donors (Lipinski definition) is 2. The molecule has 5 nitrogen and oxygen atoms in total. The molecular formula is C12H20N4OS. The third-order valence-corrected chi connectivity index (χ3v) is 3.92. The first-order valence-corrected chi connectivity index (χ1v) is 7.44. The molecule has 1 heterocycles. The molecule has 2 rings (SSSR count). The van der Waals surface area contributed by atoms with Crippen LogP contribution in [0.4, 0.5) is 5.13 Å². The van der Waals surface area contributed by atoms with E-state index in [2.05, 4.69) is 34.7 Å². The van der Waals surface area contributed by atoms with Gasteiger partial charge in [-0.3, -0.25) is 4.79 Å². The Labute approximate surface area is 111 Å². The molecule has 1 aliphatic rings. The van der Waals surface area contributed by atoms with Gasteiger partial charge in [-0.15, -0.1) is 10.2 Å². The minimum absolute atomic E-state index is 0.0827. The van der Waals surface area contributed by atoms with Gasteiger partial charge in [-0.1, -0.05) is 31.6 Å². The summed E-state index contributed by atoms with van der Waals surface area (Å²) in [5.74, 6) is 0.588. The predicted octanol–water partition coefficient (Wildman–Crippen LogP) is 2.28. The summed E-state index contributed by atoms with van der Waals surface area (Å²) in [6.07, 6.45) is 4.52. The normalized spacial score (nSPS) is 21.7. The summed E-state index contributed by atoms with van der Waals surface area (Å²) in [5.41, 5.74) is 0. The van der Waals surface area contributed by atoms with Crippen molar-refractivity contribution in [2.24, 2.45) is 5.92 Å². The molecule has 0 aromatic carbocycles. The Morgan fingerprint density at radius 3 is 2.94 bits per heavy atom. The zero-order valence-electron chi connectivity index (χ0n) is 10.9. The average Bonchev–Trinajstić information content (AvgIpc) is 2.92. The maximum Gasteiger partial charge on any atom is 0.282 e. The lowest BCUT2D eigenvalue weighted by atomic mass is 10.2. The number of nitrogens with one attached hydrogen (secondary N) is 2. The molecule has 0 spiro atoms. The minimum Gasteiger partial charge on any atom is -0.360 e. The van der Waals surface area contributed by atoms with E-state index in [0.29, 0.717) is 17.0 Å². The van der Waals surface area contributed by atoms with Crippen LogP contribution in [-0.4, -0.2) is 28.7 Å². The standard InChI is InChI=1S/C12H20N4OS/c1-3-5-8-7-9(8)14-10(17)11-15-16-12(18-11)13-6-4-2/h8-9H,3-7H2,1-2H3,(H,13,16)(H,14,17). The van der Waals surface area contributed by atoms with Crippen molar-refractivity contribution in [1.29, 1.82) is 0 Å². The highest BCUT2D eigenvalue weighted by molar-refractivity contribution is 7.17. The van der Waals surface area contributed by atoms with Gasteiger partial charge in [0.25, 0.3) is 5.91 Å². The highest BCUT2D eigenvalue weighted by Crippen LogP contribution is 2.34. The molecule has 1 saturated carbocycles. The van der Waals surface area contributed by atoms with Gasteiger partial charge in [0.2, 0.25) is 10.1 Å². The molecule has 1 fully saturated rings. The van der Waals surface area contributed by atoms with Crippen LogP contribution in [0.15, 0.2) is 0 Å². The number of hydrogen-bond acceptors (Lipinski definition) is 5. The van der Waals surface area contributed by atoms with E-state index in [1.165, 1.54) is 24.2 Å².